The Morgan fingerprint density at radius 1 is 1.14 bits per heavy atom. The van der Waals surface area contributed by atoms with Gasteiger partial charge in [-0.2, -0.15) is 13.2 Å². The average Bonchev–Trinajstić information content (AvgIpc) is 3.00. The van der Waals surface area contributed by atoms with Crippen molar-refractivity contribution in [2.24, 2.45) is 5.92 Å². The molecule has 0 bridgehead atoms. The molecule has 0 radical (unpaired) electrons. The first kappa shape index (κ1) is 20.5. The van der Waals surface area contributed by atoms with E-state index in [1.54, 1.807) is 0 Å². The highest BCUT2D eigenvalue weighted by Crippen LogP contribution is 2.41. The average molecular weight is 411 g/mol. The first-order valence-corrected chi connectivity index (χ1v) is 8.13. The van der Waals surface area contributed by atoms with Gasteiger partial charge in [-0.3, -0.25) is 4.79 Å². The van der Waals surface area contributed by atoms with E-state index in [2.05, 4.69) is 9.47 Å². The number of ether oxygens (including phenoxy) is 2. The summed E-state index contributed by atoms with van der Waals surface area (Å²) in [5.74, 6) is -1.32. The Hall–Kier alpha value is -2.27. The van der Waals surface area contributed by atoms with Crippen LogP contribution in [0, 0.1) is 5.92 Å². The minimum Gasteiger partial charge on any atom is -0.406 e. The summed E-state index contributed by atoms with van der Waals surface area (Å²) in [7, 11) is 0. The molecule has 28 heavy (non-hydrogen) atoms. The van der Waals surface area contributed by atoms with Gasteiger partial charge >= 0.3 is 12.5 Å². The molecule has 1 aliphatic carbocycles. The molecule has 11 heteroatoms. The Morgan fingerprint density at radius 2 is 1.79 bits per heavy atom. The molecule has 1 amide bonds. The predicted octanol–water partition coefficient (Wildman–Crippen LogP) is 3.19. The largest absolute Gasteiger partial charge is 0.573 e. The first-order valence-electron chi connectivity index (χ1n) is 8.13. The van der Waals surface area contributed by atoms with Gasteiger partial charge in [0.2, 0.25) is 0 Å². The Bertz CT molecular complexity index is 773. The van der Waals surface area contributed by atoms with Crippen molar-refractivity contribution in [3.8, 4) is 5.75 Å². The van der Waals surface area contributed by atoms with Gasteiger partial charge in [0.25, 0.3) is 5.91 Å². The molecule has 0 saturated carbocycles. The second-order valence-electron chi connectivity index (χ2n) is 6.67. The number of benzene rings is 1. The van der Waals surface area contributed by atoms with Crippen molar-refractivity contribution in [3.63, 3.8) is 0 Å². The lowest BCUT2D eigenvalue weighted by atomic mass is 9.99. The quantitative estimate of drug-likeness (QED) is 0.757. The number of hydrogen-bond acceptors (Lipinski definition) is 4. The summed E-state index contributed by atoms with van der Waals surface area (Å²) in [5.41, 5.74) is -1.09. The van der Waals surface area contributed by atoms with Gasteiger partial charge in [0.05, 0.1) is 6.61 Å². The summed E-state index contributed by atoms with van der Waals surface area (Å²) < 4.78 is 81.3. The number of carbonyl (C=O) groups excluding carboxylic acids is 1. The normalized spacial score (nSPS) is 25.1. The number of aliphatic hydroxyl groups is 1. The van der Waals surface area contributed by atoms with Crippen molar-refractivity contribution >= 4 is 11.6 Å². The van der Waals surface area contributed by atoms with E-state index < -0.39 is 48.9 Å². The van der Waals surface area contributed by atoms with Crippen LogP contribution in [0.1, 0.15) is 6.42 Å². The fourth-order valence-corrected chi connectivity index (χ4v) is 3.36. The first-order chi connectivity index (χ1) is 12.9. The molecule has 0 spiro atoms. The fourth-order valence-electron chi connectivity index (χ4n) is 3.36. The molecule has 5 nitrogen and oxygen atoms in total. The molecule has 1 aromatic rings. The summed E-state index contributed by atoms with van der Waals surface area (Å²) in [6.45, 7) is -1.95. The third-order valence-electron chi connectivity index (χ3n) is 4.36. The number of fused-ring (bicyclic) bond motifs is 1. The van der Waals surface area contributed by atoms with Crippen LogP contribution in [-0.2, 0) is 9.53 Å². The Kier molecular flexibility index (Phi) is 5.09. The lowest BCUT2D eigenvalue weighted by Crippen LogP contribution is -2.35. The molecular formula is C17H15F6NO4. The highest BCUT2D eigenvalue weighted by Gasteiger charge is 2.47. The van der Waals surface area contributed by atoms with Crippen LogP contribution in [-0.4, -0.2) is 48.9 Å². The molecule has 1 fully saturated rings. The minimum atomic E-state index is -4.83. The van der Waals surface area contributed by atoms with Crippen LogP contribution in [0.2, 0.25) is 0 Å². The van der Waals surface area contributed by atoms with Crippen LogP contribution < -0.4 is 9.64 Å². The summed E-state index contributed by atoms with van der Waals surface area (Å²) >= 11 is 0. The van der Waals surface area contributed by atoms with Gasteiger partial charge in [0, 0.05) is 23.7 Å². The van der Waals surface area contributed by atoms with Crippen molar-refractivity contribution in [1.29, 1.82) is 0 Å². The number of hydrogen-bond donors (Lipinski definition) is 1. The van der Waals surface area contributed by atoms with Crippen molar-refractivity contribution in [2.75, 3.05) is 24.7 Å². The van der Waals surface area contributed by atoms with Crippen molar-refractivity contribution in [2.45, 2.75) is 24.6 Å². The highest BCUT2D eigenvalue weighted by molar-refractivity contribution is 6.09. The van der Waals surface area contributed by atoms with E-state index in [1.165, 1.54) is 23.1 Å². The Balaban J connectivity index is 1.66. The monoisotopic (exact) mass is 411 g/mol. The van der Waals surface area contributed by atoms with Crippen molar-refractivity contribution in [3.05, 3.63) is 35.9 Å². The van der Waals surface area contributed by atoms with Gasteiger partial charge in [-0.15, -0.1) is 13.2 Å². The van der Waals surface area contributed by atoms with Crippen LogP contribution in [0.15, 0.2) is 35.9 Å². The lowest BCUT2D eigenvalue weighted by molar-refractivity contribution is -0.274. The molecule has 1 heterocycles. The number of alkyl halides is 6. The number of halogens is 6. The zero-order chi connectivity index (χ0) is 20.7. The smallest absolute Gasteiger partial charge is 0.406 e. The molecule has 0 aromatic heterocycles. The van der Waals surface area contributed by atoms with Gasteiger partial charge in [-0.1, -0.05) is 0 Å². The molecule has 1 saturated heterocycles. The van der Waals surface area contributed by atoms with Gasteiger partial charge in [0.1, 0.15) is 18.0 Å². The predicted molar refractivity (Wildman–Crippen MR) is 83.5 cm³/mol. The Morgan fingerprint density at radius 3 is 2.32 bits per heavy atom. The van der Waals surface area contributed by atoms with Gasteiger partial charge in [-0.05, 0) is 36.8 Å². The standard InChI is InChI=1S/C17H15F6NO4/c18-16(19,20)9-27-8-15(26)5-10-7-24(14(25)13(10)6-15)11-1-3-12(4-2-11)28-17(21,22)23/h1-4,6,10,26H,5,7-9H2/t10-,15-/m0/s1. The molecule has 1 N–H and O–H groups in total. The second-order valence-corrected chi connectivity index (χ2v) is 6.67. The topological polar surface area (TPSA) is 59.0 Å². The van der Waals surface area contributed by atoms with E-state index in [1.807, 2.05) is 0 Å². The molecule has 3 rings (SSSR count). The summed E-state index contributed by atoms with van der Waals surface area (Å²) in [6, 6.07) is 4.72. The number of carbonyl (C=O) groups is 1. The van der Waals surface area contributed by atoms with E-state index in [0.717, 1.165) is 12.1 Å². The molecule has 0 unspecified atom stereocenters. The van der Waals surface area contributed by atoms with Gasteiger partial charge in [0.15, 0.2) is 0 Å². The lowest BCUT2D eigenvalue weighted by Gasteiger charge is -2.24. The molecule has 2 atom stereocenters. The molecule has 1 aromatic carbocycles. The zero-order valence-corrected chi connectivity index (χ0v) is 14.2. The third-order valence-corrected chi connectivity index (χ3v) is 4.36. The molecular weight excluding hydrogens is 396 g/mol. The zero-order valence-electron chi connectivity index (χ0n) is 14.2. The van der Waals surface area contributed by atoms with E-state index >= 15 is 0 Å². The van der Waals surface area contributed by atoms with Crippen LogP contribution in [0.25, 0.3) is 0 Å². The summed E-state index contributed by atoms with van der Waals surface area (Å²) in [6.07, 6.45) is -8.13. The van der Waals surface area contributed by atoms with Crippen LogP contribution >= 0.6 is 0 Å². The van der Waals surface area contributed by atoms with Crippen molar-refractivity contribution in [1.82, 2.24) is 0 Å². The van der Waals surface area contributed by atoms with E-state index in [-0.39, 0.29) is 18.5 Å². The number of anilines is 1. The van der Waals surface area contributed by atoms with E-state index in [9.17, 15) is 36.2 Å². The summed E-state index contributed by atoms with van der Waals surface area (Å²) in [5, 5.41) is 10.4. The minimum absolute atomic E-state index is 0.0116. The highest BCUT2D eigenvalue weighted by atomic mass is 19.4. The Labute approximate surface area is 155 Å². The maximum atomic E-state index is 12.5. The third kappa shape index (κ3) is 4.76. The second kappa shape index (κ2) is 6.96. The van der Waals surface area contributed by atoms with E-state index in [4.69, 9.17) is 0 Å². The van der Waals surface area contributed by atoms with Gasteiger partial charge in [-0.25, -0.2) is 0 Å². The molecule has 2 aliphatic rings. The maximum Gasteiger partial charge on any atom is 0.573 e. The summed E-state index contributed by atoms with van der Waals surface area (Å²) in [4.78, 5) is 13.9. The maximum absolute atomic E-state index is 12.5. The fraction of sp³-hybridized carbons (Fsp3) is 0.471. The number of amides is 1. The van der Waals surface area contributed by atoms with Gasteiger partial charge < -0.3 is 19.5 Å². The molecule has 154 valence electrons. The SMILES string of the molecule is O=C1C2=C[C@](O)(COCC(F)(F)F)C[C@H]2CN1c1ccc(OC(F)(F)F)cc1. The van der Waals surface area contributed by atoms with Crippen LogP contribution in [0.5, 0.6) is 5.75 Å². The number of nitrogens with zero attached hydrogens (tertiary/aromatic N) is 1. The molecule has 1 aliphatic heterocycles. The number of rotatable bonds is 5. The van der Waals surface area contributed by atoms with Crippen molar-refractivity contribution < 1.29 is 45.7 Å². The van der Waals surface area contributed by atoms with E-state index in [0.29, 0.717) is 5.69 Å². The van der Waals surface area contributed by atoms with Crippen LogP contribution in [0.4, 0.5) is 32.0 Å². The van der Waals surface area contributed by atoms with Crippen LogP contribution in [0.3, 0.4) is 0 Å².